The van der Waals surface area contributed by atoms with Gasteiger partial charge in [0.2, 0.25) is 5.78 Å². The van der Waals surface area contributed by atoms with Crippen molar-refractivity contribution in [3.05, 3.63) is 136 Å². The smallest absolute Gasteiger partial charge is 0.298 e. The number of carbonyl (C=O) groups is 2. The zero-order valence-electron chi connectivity index (χ0n) is 27.1. The number of benzene rings is 3. The van der Waals surface area contributed by atoms with Crippen molar-refractivity contribution in [3.63, 3.8) is 0 Å². The summed E-state index contributed by atoms with van der Waals surface area (Å²) < 4.78 is 166. The Morgan fingerprint density at radius 3 is 1.65 bits per heavy atom. The molecule has 3 aromatic carbocycles. The van der Waals surface area contributed by atoms with Gasteiger partial charge in [0.25, 0.3) is 0 Å². The van der Waals surface area contributed by atoms with Crippen molar-refractivity contribution < 1.29 is 62.3 Å². The third-order valence-electron chi connectivity index (χ3n) is 8.18. The van der Waals surface area contributed by atoms with Crippen LogP contribution in [0.3, 0.4) is 0 Å². The highest BCUT2D eigenvalue weighted by Crippen LogP contribution is 2.40. The third-order valence-corrected chi connectivity index (χ3v) is 8.18. The molecular weight excluding hydrogens is 760 g/mol. The molecule has 0 N–H and O–H groups in total. The molecule has 0 unspecified atom stereocenters. The molecule has 18 heteroatoms. The molecule has 1 aliphatic carbocycles. The first-order chi connectivity index (χ1) is 25.8. The number of hydrogen-bond acceptors (Lipinski definition) is 6. The van der Waals surface area contributed by atoms with E-state index in [1.165, 1.54) is 6.08 Å². The maximum atomic E-state index is 14.9. The van der Waals surface area contributed by atoms with E-state index in [0.717, 1.165) is 24.3 Å². The predicted molar refractivity (Wildman–Crippen MR) is 173 cm³/mol. The summed E-state index contributed by atoms with van der Waals surface area (Å²) in [4.78, 5) is 42.8. The lowest BCUT2D eigenvalue weighted by Gasteiger charge is -2.20. The van der Waals surface area contributed by atoms with Gasteiger partial charge in [-0.25, -0.2) is 33.1 Å². The fourth-order valence-electron chi connectivity index (χ4n) is 5.62. The SMILES string of the molecule is O=C/C=C1/N=C(c2ccc(C(F)(F)F)cc2)C(C2=CC(F)=CCC2)=Nc2nc(-c3ccc(C(F)(F)F)c(F)c3)c(-c3ccc(C(F)(F)F)c(F)c3)nc2C1=O. The van der Waals surface area contributed by atoms with Crippen LogP contribution in [-0.4, -0.2) is 33.5 Å². The minimum Gasteiger partial charge on any atom is -0.298 e. The second-order valence-electron chi connectivity index (χ2n) is 11.8. The van der Waals surface area contributed by atoms with Crippen molar-refractivity contribution in [2.24, 2.45) is 9.98 Å². The number of aromatic nitrogens is 2. The van der Waals surface area contributed by atoms with Crippen LogP contribution < -0.4 is 0 Å². The van der Waals surface area contributed by atoms with E-state index in [0.29, 0.717) is 48.5 Å². The molecule has 2 aliphatic rings. The largest absolute Gasteiger partial charge is 0.419 e. The molecule has 4 aromatic rings. The zero-order valence-corrected chi connectivity index (χ0v) is 27.1. The van der Waals surface area contributed by atoms with Gasteiger partial charge in [-0.15, -0.1) is 0 Å². The number of aliphatic imine (C=N–C) groups is 2. The van der Waals surface area contributed by atoms with Crippen molar-refractivity contribution in [2.75, 3.05) is 0 Å². The number of aldehydes is 1. The minimum absolute atomic E-state index is 0.0230. The number of allylic oxidation sites excluding steroid dienone is 6. The van der Waals surface area contributed by atoms with Crippen molar-refractivity contribution in [3.8, 4) is 22.5 Å². The topological polar surface area (TPSA) is 84.6 Å². The van der Waals surface area contributed by atoms with E-state index in [1.54, 1.807) is 0 Å². The molecule has 1 aliphatic heterocycles. The van der Waals surface area contributed by atoms with Gasteiger partial charge in [-0.3, -0.25) is 9.59 Å². The number of nitrogens with zero attached hydrogens (tertiary/aromatic N) is 4. The molecule has 2 heterocycles. The minimum atomic E-state index is -5.17. The highest BCUT2D eigenvalue weighted by molar-refractivity contribution is 6.54. The lowest BCUT2D eigenvalue weighted by Crippen LogP contribution is -2.23. The summed E-state index contributed by atoms with van der Waals surface area (Å²) in [5.41, 5.74) is -9.12. The van der Waals surface area contributed by atoms with Gasteiger partial charge in [0.1, 0.15) is 29.4 Å². The van der Waals surface area contributed by atoms with Crippen LogP contribution in [0.1, 0.15) is 45.6 Å². The van der Waals surface area contributed by atoms with Gasteiger partial charge < -0.3 is 0 Å². The maximum Gasteiger partial charge on any atom is 0.419 e. The number of hydrogen-bond donors (Lipinski definition) is 0. The Bertz CT molecular complexity index is 2400. The first kappa shape index (κ1) is 38.5. The molecule has 0 spiro atoms. The predicted octanol–water partition coefficient (Wildman–Crippen LogP) is 10.6. The monoisotopic (exact) mass is 778 g/mol. The molecule has 1 aromatic heterocycles. The highest BCUT2D eigenvalue weighted by atomic mass is 19.4. The van der Waals surface area contributed by atoms with Crippen LogP contribution >= 0.6 is 0 Å². The molecule has 6 rings (SSSR count). The summed E-state index contributed by atoms with van der Waals surface area (Å²) >= 11 is 0. The van der Waals surface area contributed by atoms with Gasteiger partial charge in [-0.05, 0) is 67.0 Å². The Balaban J connectivity index is 1.69. The molecule has 0 saturated carbocycles. The first-order valence-corrected chi connectivity index (χ1v) is 15.5. The Kier molecular flexibility index (Phi) is 9.96. The molecule has 6 nitrogen and oxygen atoms in total. The van der Waals surface area contributed by atoms with Gasteiger partial charge in [-0.2, -0.15) is 39.5 Å². The van der Waals surface area contributed by atoms with Crippen LogP contribution in [-0.2, 0) is 23.3 Å². The van der Waals surface area contributed by atoms with Gasteiger partial charge in [-0.1, -0.05) is 24.3 Å². The van der Waals surface area contributed by atoms with E-state index < -0.39 is 98.2 Å². The summed E-state index contributed by atoms with van der Waals surface area (Å²) in [7, 11) is 0. The van der Waals surface area contributed by atoms with Gasteiger partial charge >= 0.3 is 18.5 Å². The van der Waals surface area contributed by atoms with E-state index in [4.69, 9.17) is 0 Å². The molecule has 0 saturated heterocycles. The number of halogens is 12. The van der Waals surface area contributed by atoms with Crippen molar-refractivity contribution in [1.82, 2.24) is 9.97 Å². The lowest BCUT2D eigenvalue weighted by atomic mass is 9.92. The lowest BCUT2D eigenvalue weighted by molar-refractivity contribution is -0.140. The molecule has 0 fully saturated rings. The summed E-state index contributed by atoms with van der Waals surface area (Å²) in [5.74, 6) is -6.42. The normalized spacial score (nSPS) is 16.1. The molecular formula is C37H18F12N4O2. The second kappa shape index (κ2) is 14.2. The average molecular weight is 779 g/mol. The molecule has 282 valence electrons. The Labute approximate surface area is 301 Å². The number of fused-ring (bicyclic) bond motifs is 1. The van der Waals surface area contributed by atoms with Gasteiger partial charge in [0.05, 0.1) is 39.5 Å². The number of alkyl halides is 9. The number of Topliss-reactive ketones (excluding diaryl/α,β-unsaturated/α-hetero) is 1. The van der Waals surface area contributed by atoms with Gasteiger partial charge in [0.15, 0.2) is 11.5 Å². The summed E-state index contributed by atoms with van der Waals surface area (Å²) in [6.07, 6.45) is -12.1. The van der Waals surface area contributed by atoms with Crippen LogP contribution in [0.5, 0.6) is 0 Å². The van der Waals surface area contributed by atoms with Crippen LogP contribution in [0, 0.1) is 11.6 Å². The molecule has 0 amide bonds. The Morgan fingerprint density at radius 2 is 1.16 bits per heavy atom. The van der Waals surface area contributed by atoms with Crippen molar-refractivity contribution in [2.45, 2.75) is 31.4 Å². The quantitative estimate of drug-likeness (QED) is 0.115. The summed E-state index contributed by atoms with van der Waals surface area (Å²) in [6, 6.07) is 6.04. The maximum absolute atomic E-state index is 14.9. The third kappa shape index (κ3) is 7.88. The second-order valence-corrected chi connectivity index (χ2v) is 11.8. The number of carbonyl (C=O) groups excluding carboxylic acids is 2. The van der Waals surface area contributed by atoms with E-state index in [2.05, 4.69) is 20.0 Å². The van der Waals surface area contributed by atoms with Crippen LogP contribution in [0.4, 0.5) is 58.5 Å². The van der Waals surface area contributed by atoms with Crippen molar-refractivity contribution >= 4 is 29.3 Å². The van der Waals surface area contributed by atoms with Crippen LogP contribution in [0.15, 0.2) is 106 Å². The van der Waals surface area contributed by atoms with Crippen LogP contribution in [0.25, 0.3) is 22.5 Å². The van der Waals surface area contributed by atoms with E-state index in [1.807, 2.05) is 0 Å². The van der Waals surface area contributed by atoms with E-state index in [9.17, 15) is 62.3 Å². The average Bonchev–Trinajstić information content (AvgIpc) is 3.10. The Morgan fingerprint density at radius 1 is 0.618 bits per heavy atom. The Hall–Kier alpha value is -6.20. The first-order valence-electron chi connectivity index (χ1n) is 15.5. The van der Waals surface area contributed by atoms with Crippen molar-refractivity contribution in [1.29, 1.82) is 0 Å². The fourth-order valence-corrected chi connectivity index (χ4v) is 5.62. The standard InChI is InChI=1S/C37H18F12N4O2/c38-22-3-1-2-18(14-22)30-28(17-4-8-21(9-5-17)35(41,42)43)50-27(12-13-54)33(55)32-34(52-30)53-31(20-7-11-24(26(40)16-20)37(47,48)49)29(51-32)19-6-10-23(25(39)15-19)36(44,45)46/h3-16H,1-2H2/b27-12+,50-28?,52-30?. The molecule has 0 radical (unpaired) electrons. The number of rotatable bonds is 5. The molecule has 55 heavy (non-hydrogen) atoms. The van der Waals surface area contributed by atoms with Gasteiger partial charge in [0, 0.05) is 22.8 Å². The van der Waals surface area contributed by atoms with Crippen LogP contribution in [0.2, 0.25) is 0 Å². The molecule has 0 atom stereocenters. The van der Waals surface area contributed by atoms with E-state index in [-0.39, 0.29) is 41.7 Å². The van der Waals surface area contributed by atoms with E-state index >= 15 is 0 Å². The fraction of sp³-hybridized carbons (Fsp3) is 0.135. The zero-order chi connectivity index (χ0) is 40.0. The molecule has 0 bridgehead atoms. The summed E-state index contributed by atoms with van der Waals surface area (Å²) in [6.45, 7) is 0. The number of ketones is 1. The summed E-state index contributed by atoms with van der Waals surface area (Å²) in [5, 5.41) is 0. The highest BCUT2D eigenvalue weighted by Gasteiger charge is 2.37.